The second kappa shape index (κ2) is 9.43. The highest BCUT2D eigenvalue weighted by Crippen LogP contribution is 2.39. The van der Waals surface area contributed by atoms with Gasteiger partial charge in [0.05, 0.1) is 5.69 Å². The second-order valence-corrected chi connectivity index (χ2v) is 8.12. The zero-order valence-electron chi connectivity index (χ0n) is 18.6. The van der Waals surface area contributed by atoms with Crippen molar-refractivity contribution in [2.75, 3.05) is 11.9 Å². The summed E-state index contributed by atoms with van der Waals surface area (Å²) in [6.07, 6.45) is 0. The van der Waals surface area contributed by atoms with Crippen LogP contribution in [0.15, 0.2) is 66.7 Å². The Hall–Kier alpha value is -4.07. The van der Waals surface area contributed by atoms with Crippen molar-refractivity contribution in [3.8, 4) is 11.1 Å². The Balaban J connectivity index is 1.53. The van der Waals surface area contributed by atoms with Crippen LogP contribution in [0.2, 0.25) is 0 Å². The van der Waals surface area contributed by atoms with Gasteiger partial charge in [0.15, 0.2) is 0 Å². The lowest BCUT2D eigenvalue weighted by molar-refractivity contribution is -0.136. The third-order valence-electron chi connectivity index (χ3n) is 5.94. The van der Waals surface area contributed by atoms with E-state index in [0.29, 0.717) is 11.3 Å². The van der Waals surface area contributed by atoms with Gasteiger partial charge in [-0.2, -0.15) is 0 Å². The molecule has 0 spiro atoms. The van der Waals surface area contributed by atoms with Crippen LogP contribution in [0.3, 0.4) is 0 Å². The topological polar surface area (TPSA) is 78.5 Å². The third-order valence-corrected chi connectivity index (χ3v) is 5.94. The average Bonchev–Trinajstić information content (AvgIpc) is 2.93. The van der Waals surface area contributed by atoms with Crippen LogP contribution >= 0.6 is 0 Å². The molecular weight excluding hydrogens is 440 g/mol. The number of carbonyl (C=O) groups excluding carboxylic acids is 3. The number of nitrogens with one attached hydrogen (secondary N) is 2. The van der Waals surface area contributed by atoms with Gasteiger partial charge in [0, 0.05) is 24.7 Å². The van der Waals surface area contributed by atoms with E-state index >= 15 is 0 Å². The third kappa shape index (κ3) is 4.39. The Kier molecular flexibility index (Phi) is 6.40. The first-order chi connectivity index (χ1) is 16.3. The SMILES string of the molecule is C[C@@H](C(=O)NCc1cc(F)ccc1F)C(=O)N[C@H]1C(=O)N(C)c2ccccc2-c2ccccc21. The Morgan fingerprint density at radius 2 is 1.65 bits per heavy atom. The van der Waals surface area contributed by atoms with Crippen molar-refractivity contribution < 1.29 is 23.2 Å². The summed E-state index contributed by atoms with van der Waals surface area (Å²) in [6.45, 7) is 1.11. The number of hydrogen-bond acceptors (Lipinski definition) is 3. The highest BCUT2D eigenvalue weighted by molar-refractivity contribution is 6.07. The van der Waals surface area contributed by atoms with E-state index in [1.165, 1.54) is 11.8 Å². The molecular formula is C26H23F2N3O3. The highest BCUT2D eigenvalue weighted by atomic mass is 19.1. The van der Waals surface area contributed by atoms with Gasteiger partial charge in [-0.05, 0) is 42.3 Å². The summed E-state index contributed by atoms with van der Waals surface area (Å²) in [4.78, 5) is 40.3. The Morgan fingerprint density at radius 1 is 0.971 bits per heavy atom. The molecule has 0 aliphatic carbocycles. The molecule has 1 heterocycles. The molecule has 3 aromatic rings. The molecule has 1 aliphatic rings. The summed E-state index contributed by atoms with van der Waals surface area (Å²) < 4.78 is 27.2. The van der Waals surface area contributed by atoms with Gasteiger partial charge < -0.3 is 15.5 Å². The maximum atomic E-state index is 13.8. The van der Waals surface area contributed by atoms with Crippen molar-refractivity contribution in [3.63, 3.8) is 0 Å². The van der Waals surface area contributed by atoms with Crippen molar-refractivity contribution >= 4 is 23.4 Å². The maximum Gasteiger partial charge on any atom is 0.253 e. The molecule has 0 saturated carbocycles. The van der Waals surface area contributed by atoms with E-state index in [4.69, 9.17) is 0 Å². The van der Waals surface area contributed by atoms with Crippen molar-refractivity contribution in [1.29, 1.82) is 0 Å². The lowest BCUT2D eigenvalue weighted by Gasteiger charge is -2.24. The number of likely N-dealkylation sites (N-methyl/N-ethyl adjacent to an activating group) is 1. The second-order valence-electron chi connectivity index (χ2n) is 8.12. The molecule has 8 heteroatoms. The van der Waals surface area contributed by atoms with Gasteiger partial charge in [-0.3, -0.25) is 14.4 Å². The first kappa shape index (κ1) is 23.1. The van der Waals surface area contributed by atoms with Crippen molar-refractivity contribution in [2.45, 2.75) is 19.5 Å². The summed E-state index contributed by atoms with van der Waals surface area (Å²) in [5.74, 6) is -4.15. The van der Waals surface area contributed by atoms with Gasteiger partial charge in [-0.1, -0.05) is 42.5 Å². The van der Waals surface area contributed by atoms with Crippen LogP contribution in [-0.2, 0) is 20.9 Å². The number of para-hydroxylation sites is 1. The van der Waals surface area contributed by atoms with Gasteiger partial charge in [-0.15, -0.1) is 0 Å². The zero-order valence-corrected chi connectivity index (χ0v) is 18.6. The fourth-order valence-electron chi connectivity index (χ4n) is 3.97. The van der Waals surface area contributed by atoms with Gasteiger partial charge in [0.25, 0.3) is 5.91 Å². The molecule has 2 atom stereocenters. The van der Waals surface area contributed by atoms with Gasteiger partial charge in [0.2, 0.25) is 11.8 Å². The van der Waals surface area contributed by atoms with Crippen LogP contribution in [0.4, 0.5) is 14.5 Å². The minimum absolute atomic E-state index is 0.0341. The van der Waals surface area contributed by atoms with Gasteiger partial charge >= 0.3 is 0 Å². The van der Waals surface area contributed by atoms with Crippen LogP contribution < -0.4 is 15.5 Å². The molecule has 3 amide bonds. The molecule has 3 aromatic carbocycles. The Bertz CT molecular complexity index is 1280. The number of nitrogens with zero attached hydrogens (tertiary/aromatic N) is 1. The first-order valence-corrected chi connectivity index (χ1v) is 10.8. The molecule has 4 rings (SSSR count). The quantitative estimate of drug-likeness (QED) is 0.566. The Morgan fingerprint density at radius 3 is 2.41 bits per heavy atom. The molecule has 0 saturated heterocycles. The minimum atomic E-state index is -1.17. The number of anilines is 1. The molecule has 1 aliphatic heterocycles. The largest absolute Gasteiger partial charge is 0.351 e. The Labute approximate surface area is 195 Å². The number of fused-ring (bicyclic) bond motifs is 3. The fourth-order valence-corrected chi connectivity index (χ4v) is 3.97. The lowest BCUT2D eigenvalue weighted by Crippen LogP contribution is -2.45. The molecule has 0 bridgehead atoms. The lowest BCUT2D eigenvalue weighted by atomic mass is 9.95. The van der Waals surface area contributed by atoms with Crippen LogP contribution in [-0.4, -0.2) is 24.8 Å². The van der Waals surface area contributed by atoms with Crippen LogP contribution in [0.25, 0.3) is 11.1 Å². The normalized spacial score (nSPS) is 15.6. The summed E-state index contributed by atoms with van der Waals surface area (Å²) in [6, 6.07) is 16.7. The zero-order chi connectivity index (χ0) is 24.4. The number of halogens is 2. The van der Waals surface area contributed by atoms with Crippen molar-refractivity contribution in [3.05, 3.63) is 89.5 Å². The van der Waals surface area contributed by atoms with Crippen molar-refractivity contribution in [1.82, 2.24) is 10.6 Å². The molecule has 0 unspecified atom stereocenters. The van der Waals surface area contributed by atoms with E-state index in [9.17, 15) is 23.2 Å². The highest BCUT2D eigenvalue weighted by Gasteiger charge is 2.35. The van der Waals surface area contributed by atoms with Gasteiger partial charge in [0.1, 0.15) is 23.6 Å². The van der Waals surface area contributed by atoms with Crippen LogP contribution in [0, 0.1) is 17.6 Å². The monoisotopic (exact) mass is 463 g/mol. The molecule has 6 nitrogen and oxygen atoms in total. The molecule has 0 fully saturated rings. The maximum absolute atomic E-state index is 13.8. The summed E-state index contributed by atoms with van der Waals surface area (Å²) >= 11 is 0. The molecule has 0 aromatic heterocycles. The van der Waals surface area contributed by atoms with E-state index < -0.39 is 35.4 Å². The van der Waals surface area contributed by atoms with E-state index in [1.54, 1.807) is 19.2 Å². The van der Waals surface area contributed by atoms with E-state index in [0.717, 1.165) is 29.3 Å². The predicted octanol–water partition coefficient (Wildman–Crippen LogP) is 3.72. The number of amides is 3. The summed E-state index contributed by atoms with van der Waals surface area (Å²) in [5.41, 5.74) is 2.95. The number of benzene rings is 3. The van der Waals surface area contributed by atoms with Gasteiger partial charge in [-0.25, -0.2) is 8.78 Å². The van der Waals surface area contributed by atoms with E-state index in [2.05, 4.69) is 10.6 Å². The standard InChI is InChI=1S/C26H23F2N3O3/c1-15(24(32)29-14-16-13-17(27)11-12-21(16)28)25(33)30-23-20-9-4-3-7-18(20)19-8-5-6-10-22(19)31(2)26(23)34/h3-13,15,23H,14H2,1-2H3,(H,29,32)(H,30,33)/t15-,23+/m0/s1. The predicted molar refractivity (Wildman–Crippen MR) is 124 cm³/mol. The number of hydrogen-bond donors (Lipinski definition) is 2. The first-order valence-electron chi connectivity index (χ1n) is 10.8. The number of carbonyl (C=O) groups is 3. The molecule has 34 heavy (non-hydrogen) atoms. The number of rotatable bonds is 5. The summed E-state index contributed by atoms with van der Waals surface area (Å²) in [7, 11) is 1.63. The van der Waals surface area contributed by atoms with Crippen LogP contribution in [0.1, 0.15) is 24.1 Å². The van der Waals surface area contributed by atoms with Crippen LogP contribution in [0.5, 0.6) is 0 Å². The molecule has 174 valence electrons. The summed E-state index contributed by atoms with van der Waals surface area (Å²) in [5, 5.41) is 5.15. The molecule has 0 radical (unpaired) electrons. The van der Waals surface area contributed by atoms with E-state index in [1.807, 2.05) is 36.4 Å². The van der Waals surface area contributed by atoms with E-state index in [-0.39, 0.29) is 18.0 Å². The fraction of sp³-hybridized carbons (Fsp3) is 0.192. The average molecular weight is 463 g/mol. The van der Waals surface area contributed by atoms with Crippen molar-refractivity contribution in [2.24, 2.45) is 5.92 Å². The smallest absolute Gasteiger partial charge is 0.253 e. The minimum Gasteiger partial charge on any atom is -0.351 e. The molecule has 2 N–H and O–H groups in total.